The highest BCUT2D eigenvalue weighted by atomic mass is 35.5. The number of halogens is 1. The van der Waals surface area contributed by atoms with Gasteiger partial charge >= 0.3 is 0 Å². The van der Waals surface area contributed by atoms with Gasteiger partial charge in [-0.15, -0.1) is 0 Å². The average Bonchev–Trinajstić information content (AvgIpc) is 3.37. The lowest BCUT2D eigenvalue weighted by atomic mass is 9.83. The summed E-state index contributed by atoms with van der Waals surface area (Å²) < 4.78 is 11.0. The van der Waals surface area contributed by atoms with Crippen molar-refractivity contribution in [3.63, 3.8) is 0 Å². The normalized spacial score (nSPS) is 19.9. The minimum absolute atomic E-state index is 0.0900. The number of rotatable bonds is 6. The summed E-state index contributed by atoms with van der Waals surface area (Å²) in [6, 6.07) is 18.1. The molecule has 6 nitrogen and oxygen atoms in total. The fraction of sp³-hybridized carbons (Fsp3) is 0.370. The van der Waals surface area contributed by atoms with E-state index < -0.39 is 0 Å². The van der Waals surface area contributed by atoms with E-state index in [1.54, 1.807) is 18.3 Å². The maximum absolute atomic E-state index is 13.7. The topological polar surface area (TPSA) is 49.2 Å². The van der Waals surface area contributed by atoms with Gasteiger partial charge in [0.2, 0.25) is 5.91 Å². The van der Waals surface area contributed by atoms with Crippen molar-refractivity contribution >= 4 is 23.2 Å². The summed E-state index contributed by atoms with van der Waals surface area (Å²) in [6.45, 7) is 3.93. The molecule has 0 aliphatic carbocycles. The zero-order chi connectivity index (χ0) is 23.7. The molecule has 3 heterocycles. The van der Waals surface area contributed by atoms with E-state index in [4.69, 9.17) is 20.8 Å². The Morgan fingerprint density at radius 1 is 1.18 bits per heavy atom. The second-order valence-corrected chi connectivity index (χ2v) is 9.64. The number of carbonyl (C=O) groups excluding carboxylic acids is 1. The lowest BCUT2D eigenvalue weighted by Crippen LogP contribution is -2.60. The summed E-state index contributed by atoms with van der Waals surface area (Å²) in [5.74, 6) is 1.66. The largest absolute Gasteiger partial charge is 0.497 e. The van der Waals surface area contributed by atoms with Crippen molar-refractivity contribution in [2.24, 2.45) is 5.92 Å². The number of anilines is 1. The number of amides is 1. The van der Waals surface area contributed by atoms with E-state index in [2.05, 4.69) is 34.1 Å². The van der Waals surface area contributed by atoms with E-state index in [0.29, 0.717) is 6.54 Å². The Balaban J connectivity index is 1.40. The zero-order valence-electron chi connectivity index (χ0n) is 19.6. The van der Waals surface area contributed by atoms with Crippen LogP contribution >= 0.6 is 11.6 Å². The highest BCUT2D eigenvalue weighted by Gasteiger charge is 2.42. The maximum atomic E-state index is 13.7. The Labute approximate surface area is 205 Å². The van der Waals surface area contributed by atoms with Gasteiger partial charge in [0.15, 0.2) is 0 Å². The van der Waals surface area contributed by atoms with Crippen molar-refractivity contribution in [1.82, 2.24) is 9.80 Å². The molecule has 5 rings (SSSR count). The van der Waals surface area contributed by atoms with Gasteiger partial charge in [0.05, 0.1) is 31.9 Å². The summed E-state index contributed by atoms with van der Waals surface area (Å²) in [6.07, 6.45) is 2.37. The van der Waals surface area contributed by atoms with Gasteiger partial charge in [0.25, 0.3) is 0 Å². The number of methoxy groups -OCH3 is 1. The molecule has 3 aromatic rings. The first-order valence-electron chi connectivity index (χ1n) is 11.7. The first-order chi connectivity index (χ1) is 16.5. The van der Waals surface area contributed by atoms with Gasteiger partial charge in [-0.3, -0.25) is 9.69 Å². The molecule has 1 saturated heterocycles. The fourth-order valence-corrected chi connectivity index (χ4v) is 5.36. The molecule has 1 fully saturated rings. The molecule has 178 valence electrons. The predicted octanol–water partition coefficient (Wildman–Crippen LogP) is 4.46. The van der Waals surface area contributed by atoms with Crippen molar-refractivity contribution < 1.29 is 13.9 Å². The van der Waals surface area contributed by atoms with Gasteiger partial charge in [-0.25, -0.2) is 0 Å². The van der Waals surface area contributed by atoms with Crippen LogP contribution in [0.15, 0.2) is 65.3 Å². The average molecular weight is 480 g/mol. The predicted molar refractivity (Wildman–Crippen MR) is 133 cm³/mol. The molecule has 0 saturated carbocycles. The molecule has 2 aromatic carbocycles. The molecule has 2 unspecified atom stereocenters. The van der Waals surface area contributed by atoms with E-state index in [0.717, 1.165) is 49.1 Å². The standard InChI is InChI=1S/C27H30ClN3O3/c1-29(17-23-4-3-13-34-23)27(32)24-14-20-7-10-22(33-2)15-25(20)31-12-11-30(18-26(24)31)16-19-5-8-21(28)9-6-19/h3-10,13,15,24,26H,11-12,14,16-18H2,1-2H3. The van der Waals surface area contributed by atoms with Crippen LogP contribution in [0.5, 0.6) is 5.75 Å². The van der Waals surface area contributed by atoms with Crippen LogP contribution in [0.3, 0.4) is 0 Å². The van der Waals surface area contributed by atoms with Crippen LogP contribution in [0, 0.1) is 5.92 Å². The third kappa shape index (κ3) is 4.65. The molecule has 34 heavy (non-hydrogen) atoms. The summed E-state index contributed by atoms with van der Waals surface area (Å²) in [4.78, 5) is 20.4. The first kappa shape index (κ1) is 22.8. The second kappa shape index (κ2) is 9.72. The van der Waals surface area contributed by atoms with Crippen LogP contribution in [0.25, 0.3) is 0 Å². The number of carbonyl (C=O) groups is 1. The third-order valence-electron chi connectivity index (χ3n) is 6.99. The Kier molecular flexibility index (Phi) is 6.53. The van der Waals surface area contributed by atoms with Crippen molar-refractivity contribution in [3.05, 3.63) is 82.8 Å². The molecule has 7 heteroatoms. The summed E-state index contributed by atoms with van der Waals surface area (Å²) in [5.41, 5.74) is 3.62. The monoisotopic (exact) mass is 479 g/mol. The molecule has 1 amide bonds. The molecular weight excluding hydrogens is 450 g/mol. The smallest absolute Gasteiger partial charge is 0.228 e. The molecule has 0 bridgehead atoms. The molecule has 0 N–H and O–H groups in total. The molecule has 2 aliphatic rings. The number of ether oxygens (including phenoxy) is 1. The van der Waals surface area contributed by atoms with Crippen LogP contribution in [0.1, 0.15) is 16.9 Å². The van der Waals surface area contributed by atoms with E-state index in [-0.39, 0.29) is 17.9 Å². The molecular formula is C27H30ClN3O3. The summed E-state index contributed by atoms with van der Waals surface area (Å²) in [7, 11) is 3.56. The summed E-state index contributed by atoms with van der Waals surface area (Å²) >= 11 is 6.07. The van der Waals surface area contributed by atoms with Crippen molar-refractivity contribution in [1.29, 1.82) is 0 Å². The zero-order valence-corrected chi connectivity index (χ0v) is 20.4. The number of nitrogens with zero attached hydrogens (tertiary/aromatic N) is 3. The van der Waals surface area contributed by atoms with Crippen molar-refractivity contribution in [3.8, 4) is 5.75 Å². The molecule has 0 spiro atoms. The van der Waals surface area contributed by atoms with Crippen LogP contribution in [-0.2, 0) is 24.3 Å². The minimum atomic E-state index is -0.131. The van der Waals surface area contributed by atoms with E-state index in [1.165, 1.54) is 16.8 Å². The molecule has 2 atom stereocenters. The number of benzene rings is 2. The first-order valence-corrected chi connectivity index (χ1v) is 12.1. The van der Waals surface area contributed by atoms with E-state index >= 15 is 0 Å². The number of hydrogen-bond donors (Lipinski definition) is 0. The van der Waals surface area contributed by atoms with Crippen LogP contribution in [0.4, 0.5) is 5.69 Å². The Hall–Kier alpha value is -2.96. The van der Waals surface area contributed by atoms with Crippen molar-refractivity contribution in [2.75, 3.05) is 38.7 Å². The van der Waals surface area contributed by atoms with Crippen LogP contribution in [-0.4, -0.2) is 55.5 Å². The van der Waals surface area contributed by atoms with Gasteiger partial charge in [-0.2, -0.15) is 0 Å². The molecule has 0 radical (unpaired) electrons. The third-order valence-corrected chi connectivity index (χ3v) is 7.25. The maximum Gasteiger partial charge on any atom is 0.228 e. The number of piperazine rings is 1. The van der Waals surface area contributed by atoms with Crippen LogP contribution < -0.4 is 9.64 Å². The highest BCUT2D eigenvalue weighted by Crippen LogP contribution is 2.39. The van der Waals surface area contributed by atoms with E-state index in [9.17, 15) is 4.79 Å². The Morgan fingerprint density at radius 2 is 2.00 bits per heavy atom. The second-order valence-electron chi connectivity index (χ2n) is 9.20. The Bertz CT molecular complexity index is 1130. The lowest BCUT2D eigenvalue weighted by Gasteiger charge is -2.49. The number of hydrogen-bond acceptors (Lipinski definition) is 5. The number of furan rings is 1. The SMILES string of the molecule is COc1ccc2c(c1)N1CCN(Cc3ccc(Cl)cc3)CC1C(C(=O)N(C)Cc1ccco1)C2. The number of fused-ring (bicyclic) bond motifs is 3. The minimum Gasteiger partial charge on any atom is -0.497 e. The van der Waals surface area contributed by atoms with E-state index in [1.807, 2.05) is 37.4 Å². The van der Waals surface area contributed by atoms with Crippen molar-refractivity contribution in [2.45, 2.75) is 25.6 Å². The lowest BCUT2D eigenvalue weighted by molar-refractivity contribution is -0.136. The van der Waals surface area contributed by atoms with Gasteiger partial charge in [-0.05, 0) is 47.9 Å². The van der Waals surface area contributed by atoms with Gasteiger partial charge < -0.3 is 19.0 Å². The van der Waals surface area contributed by atoms with Gasteiger partial charge in [0, 0.05) is 50.0 Å². The fourth-order valence-electron chi connectivity index (χ4n) is 5.24. The molecule has 1 aromatic heterocycles. The van der Waals surface area contributed by atoms with Crippen LogP contribution in [0.2, 0.25) is 5.02 Å². The van der Waals surface area contributed by atoms with Gasteiger partial charge in [0.1, 0.15) is 11.5 Å². The summed E-state index contributed by atoms with van der Waals surface area (Å²) in [5, 5.41) is 0.747. The van der Waals surface area contributed by atoms with Gasteiger partial charge in [-0.1, -0.05) is 29.8 Å². The Morgan fingerprint density at radius 3 is 2.74 bits per heavy atom. The quantitative estimate of drug-likeness (QED) is 0.522. The highest BCUT2D eigenvalue weighted by molar-refractivity contribution is 6.30. The molecule has 2 aliphatic heterocycles.